The number of nitrogens with zero attached hydrogens (tertiary/aromatic N) is 4. The van der Waals surface area contributed by atoms with Gasteiger partial charge in [-0.25, -0.2) is 0 Å². The maximum Gasteiger partial charge on any atom is 0.182 e. The van der Waals surface area contributed by atoms with Gasteiger partial charge in [-0.1, -0.05) is 31.2 Å². The van der Waals surface area contributed by atoms with Crippen molar-refractivity contribution in [2.24, 2.45) is 0 Å². The van der Waals surface area contributed by atoms with E-state index in [2.05, 4.69) is 62.2 Å². The molecular formula is C18H19N5O. The SMILES string of the molecule is CCc1ccc(-c2cc(-c3nnc4n3C3(CC3)COC4)[nH]n2)cc1. The molecule has 1 saturated carbocycles. The molecule has 1 fully saturated rings. The van der Waals surface area contributed by atoms with E-state index in [1.54, 1.807) is 0 Å². The molecular weight excluding hydrogens is 302 g/mol. The van der Waals surface area contributed by atoms with Crippen LogP contribution in [0.2, 0.25) is 0 Å². The van der Waals surface area contributed by atoms with E-state index in [-0.39, 0.29) is 5.54 Å². The van der Waals surface area contributed by atoms with Crippen molar-refractivity contribution >= 4 is 0 Å². The van der Waals surface area contributed by atoms with Crippen molar-refractivity contribution in [3.63, 3.8) is 0 Å². The molecule has 0 atom stereocenters. The molecule has 1 N–H and O–H groups in total. The summed E-state index contributed by atoms with van der Waals surface area (Å²) in [5.41, 5.74) is 4.35. The summed E-state index contributed by atoms with van der Waals surface area (Å²) in [6, 6.07) is 10.6. The Morgan fingerprint density at radius 2 is 2.04 bits per heavy atom. The largest absolute Gasteiger partial charge is 0.371 e. The van der Waals surface area contributed by atoms with Gasteiger partial charge in [-0.15, -0.1) is 10.2 Å². The lowest BCUT2D eigenvalue weighted by Gasteiger charge is -2.25. The molecule has 24 heavy (non-hydrogen) atoms. The fraction of sp³-hybridized carbons (Fsp3) is 0.389. The van der Waals surface area contributed by atoms with Crippen LogP contribution in [-0.2, 0) is 23.3 Å². The van der Waals surface area contributed by atoms with Crippen LogP contribution in [0.1, 0.15) is 31.2 Å². The van der Waals surface area contributed by atoms with Crippen molar-refractivity contribution in [1.29, 1.82) is 0 Å². The summed E-state index contributed by atoms with van der Waals surface area (Å²) < 4.78 is 7.93. The van der Waals surface area contributed by atoms with Crippen LogP contribution < -0.4 is 0 Å². The smallest absolute Gasteiger partial charge is 0.182 e. The molecule has 6 heteroatoms. The predicted molar refractivity (Wildman–Crippen MR) is 89.3 cm³/mol. The van der Waals surface area contributed by atoms with Gasteiger partial charge in [-0.2, -0.15) is 5.10 Å². The third-order valence-corrected chi connectivity index (χ3v) is 5.11. The van der Waals surface area contributed by atoms with Crippen LogP contribution in [0.4, 0.5) is 0 Å². The number of H-pyrrole nitrogens is 1. The topological polar surface area (TPSA) is 68.6 Å². The minimum absolute atomic E-state index is 0.0699. The van der Waals surface area contributed by atoms with E-state index < -0.39 is 0 Å². The van der Waals surface area contributed by atoms with Crippen LogP contribution in [-0.4, -0.2) is 31.6 Å². The van der Waals surface area contributed by atoms with Gasteiger partial charge in [0.1, 0.15) is 12.3 Å². The molecule has 3 heterocycles. The van der Waals surface area contributed by atoms with Gasteiger partial charge in [0.15, 0.2) is 11.6 Å². The molecule has 2 aliphatic rings. The Balaban J connectivity index is 1.53. The monoisotopic (exact) mass is 321 g/mol. The summed E-state index contributed by atoms with van der Waals surface area (Å²) in [6.45, 7) is 3.45. The van der Waals surface area contributed by atoms with E-state index >= 15 is 0 Å². The molecule has 1 aliphatic carbocycles. The van der Waals surface area contributed by atoms with Gasteiger partial charge in [0, 0.05) is 5.56 Å². The third kappa shape index (κ3) is 2.03. The van der Waals surface area contributed by atoms with Gasteiger partial charge < -0.3 is 4.74 Å². The number of fused-ring (bicyclic) bond motifs is 2. The summed E-state index contributed by atoms with van der Waals surface area (Å²) in [5.74, 6) is 1.78. The first kappa shape index (κ1) is 13.9. The standard InChI is InChI=1S/C18H19N5O/c1-2-12-3-5-13(6-4-12)14-9-15(20-19-14)17-22-21-16-10-24-11-18(7-8-18)23(16)17/h3-6,9H,2,7-8,10-11H2,1H3,(H,19,20). The molecule has 2 aromatic heterocycles. The van der Waals surface area contributed by atoms with Gasteiger partial charge in [0.2, 0.25) is 0 Å². The molecule has 0 radical (unpaired) electrons. The highest BCUT2D eigenvalue weighted by atomic mass is 16.5. The fourth-order valence-corrected chi connectivity index (χ4v) is 3.49. The number of aromatic amines is 1. The molecule has 5 rings (SSSR count). The first-order valence-corrected chi connectivity index (χ1v) is 8.47. The van der Waals surface area contributed by atoms with Gasteiger partial charge in [-0.3, -0.25) is 9.67 Å². The van der Waals surface area contributed by atoms with Crippen molar-refractivity contribution in [2.45, 2.75) is 38.3 Å². The molecule has 0 saturated heterocycles. The predicted octanol–water partition coefficient (Wildman–Crippen LogP) is 2.92. The van der Waals surface area contributed by atoms with Gasteiger partial charge in [-0.05, 0) is 30.9 Å². The average molecular weight is 321 g/mol. The quantitative estimate of drug-likeness (QED) is 0.805. The number of aromatic nitrogens is 5. The lowest BCUT2D eigenvalue weighted by atomic mass is 10.1. The molecule has 122 valence electrons. The Bertz CT molecular complexity index is 889. The van der Waals surface area contributed by atoms with Crippen molar-refractivity contribution in [3.05, 3.63) is 41.7 Å². The second kappa shape index (κ2) is 5.01. The summed E-state index contributed by atoms with van der Waals surface area (Å²) in [6.07, 6.45) is 3.30. The van der Waals surface area contributed by atoms with Crippen molar-refractivity contribution < 1.29 is 4.74 Å². The summed E-state index contributed by atoms with van der Waals surface area (Å²) in [5, 5.41) is 16.3. The number of ether oxygens (including phenoxy) is 1. The van der Waals surface area contributed by atoms with Crippen LogP contribution in [0.15, 0.2) is 30.3 Å². The molecule has 1 aromatic carbocycles. The Hall–Kier alpha value is -2.47. The lowest BCUT2D eigenvalue weighted by Crippen LogP contribution is -2.31. The Morgan fingerprint density at radius 3 is 2.79 bits per heavy atom. The Morgan fingerprint density at radius 1 is 1.21 bits per heavy atom. The number of hydrogen-bond acceptors (Lipinski definition) is 4. The molecule has 6 nitrogen and oxygen atoms in total. The van der Waals surface area contributed by atoms with E-state index in [9.17, 15) is 0 Å². The zero-order valence-electron chi connectivity index (χ0n) is 13.6. The van der Waals surface area contributed by atoms with E-state index in [1.165, 1.54) is 5.56 Å². The highest BCUT2D eigenvalue weighted by Crippen LogP contribution is 2.48. The second-order valence-corrected chi connectivity index (χ2v) is 6.71. The normalized spacial score (nSPS) is 17.9. The number of hydrogen-bond donors (Lipinski definition) is 1. The van der Waals surface area contributed by atoms with Crippen LogP contribution >= 0.6 is 0 Å². The maximum absolute atomic E-state index is 5.67. The summed E-state index contributed by atoms with van der Waals surface area (Å²) >= 11 is 0. The van der Waals surface area contributed by atoms with Gasteiger partial charge in [0.25, 0.3) is 0 Å². The Labute approximate surface area is 139 Å². The third-order valence-electron chi connectivity index (χ3n) is 5.11. The minimum Gasteiger partial charge on any atom is -0.371 e. The van der Waals surface area contributed by atoms with Gasteiger partial charge in [0.05, 0.1) is 17.8 Å². The van der Waals surface area contributed by atoms with Crippen LogP contribution in [0.5, 0.6) is 0 Å². The summed E-state index contributed by atoms with van der Waals surface area (Å²) in [7, 11) is 0. The highest BCUT2D eigenvalue weighted by molar-refractivity contribution is 5.65. The van der Waals surface area contributed by atoms with Crippen molar-refractivity contribution in [3.8, 4) is 22.8 Å². The molecule has 3 aromatic rings. The zero-order valence-corrected chi connectivity index (χ0v) is 13.6. The van der Waals surface area contributed by atoms with E-state index in [0.29, 0.717) is 6.61 Å². The lowest BCUT2D eigenvalue weighted by molar-refractivity contribution is 0.0453. The number of benzene rings is 1. The van der Waals surface area contributed by atoms with E-state index in [4.69, 9.17) is 4.74 Å². The first-order chi connectivity index (χ1) is 11.8. The fourth-order valence-electron chi connectivity index (χ4n) is 3.49. The average Bonchev–Trinajstić information content (AvgIpc) is 3.04. The molecule has 1 spiro atoms. The number of rotatable bonds is 3. The van der Waals surface area contributed by atoms with Crippen LogP contribution in [0.25, 0.3) is 22.8 Å². The second-order valence-electron chi connectivity index (χ2n) is 6.71. The molecule has 0 amide bonds. The molecule has 1 aliphatic heterocycles. The number of aryl methyl sites for hydroxylation is 1. The maximum atomic E-state index is 5.67. The van der Waals surface area contributed by atoms with Crippen LogP contribution in [0.3, 0.4) is 0 Å². The van der Waals surface area contributed by atoms with Crippen LogP contribution in [0, 0.1) is 0 Å². The summed E-state index contributed by atoms with van der Waals surface area (Å²) in [4.78, 5) is 0. The van der Waals surface area contributed by atoms with Crippen molar-refractivity contribution in [1.82, 2.24) is 25.0 Å². The first-order valence-electron chi connectivity index (χ1n) is 8.47. The molecule has 0 bridgehead atoms. The van der Waals surface area contributed by atoms with Crippen molar-refractivity contribution in [2.75, 3.05) is 6.61 Å². The Kier molecular flexibility index (Phi) is 2.91. The van der Waals surface area contributed by atoms with Gasteiger partial charge >= 0.3 is 0 Å². The van der Waals surface area contributed by atoms with E-state index in [0.717, 1.165) is 54.5 Å². The minimum atomic E-state index is 0.0699. The zero-order chi connectivity index (χ0) is 16.1. The van der Waals surface area contributed by atoms with E-state index in [1.807, 2.05) is 0 Å². The molecule has 0 unspecified atom stereocenters. The highest BCUT2D eigenvalue weighted by Gasteiger charge is 2.50. The number of nitrogens with one attached hydrogen (secondary N) is 1.